The smallest absolute Gasteiger partial charge is 0.239 e. The lowest BCUT2D eigenvalue weighted by atomic mass is 10.00. The van der Waals surface area contributed by atoms with E-state index in [4.69, 9.17) is 5.11 Å². The summed E-state index contributed by atoms with van der Waals surface area (Å²) in [6.07, 6.45) is 1.59. The van der Waals surface area contributed by atoms with E-state index in [9.17, 15) is 4.79 Å². The predicted molar refractivity (Wildman–Crippen MR) is 59.5 cm³/mol. The number of amides is 1. The molecule has 0 bridgehead atoms. The first-order valence-electron chi connectivity index (χ1n) is 5.68. The van der Waals surface area contributed by atoms with Crippen molar-refractivity contribution in [3.63, 3.8) is 0 Å². The van der Waals surface area contributed by atoms with Crippen LogP contribution in [0.2, 0.25) is 0 Å². The van der Waals surface area contributed by atoms with Crippen molar-refractivity contribution >= 4 is 5.91 Å². The lowest BCUT2D eigenvalue weighted by Crippen LogP contribution is -2.45. The number of likely N-dealkylation sites (tertiary alicyclic amines) is 1. The zero-order valence-corrected chi connectivity index (χ0v) is 9.86. The monoisotopic (exact) mass is 214 g/mol. The normalized spacial score (nSPS) is 23.9. The molecule has 1 heterocycles. The minimum atomic E-state index is -0.0473. The third kappa shape index (κ3) is 3.18. The van der Waals surface area contributed by atoms with Crippen LogP contribution in [-0.2, 0) is 4.79 Å². The summed E-state index contributed by atoms with van der Waals surface area (Å²) in [6, 6.07) is 0.185. The molecular formula is C11H22N2O2. The van der Waals surface area contributed by atoms with E-state index in [1.54, 1.807) is 4.90 Å². The summed E-state index contributed by atoms with van der Waals surface area (Å²) >= 11 is 0. The Bertz CT molecular complexity index is 219. The van der Waals surface area contributed by atoms with Gasteiger partial charge in [0.25, 0.3) is 0 Å². The summed E-state index contributed by atoms with van der Waals surface area (Å²) in [7, 11) is 1.83. The number of aliphatic hydroxyl groups excluding tert-OH is 1. The van der Waals surface area contributed by atoms with Gasteiger partial charge in [0.15, 0.2) is 0 Å². The molecule has 0 aromatic rings. The maximum Gasteiger partial charge on any atom is 0.239 e. The van der Waals surface area contributed by atoms with E-state index in [1.165, 1.54) is 0 Å². The number of nitrogens with one attached hydrogen (secondary N) is 1. The molecule has 0 radical (unpaired) electrons. The molecule has 4 nitrogen and oxygen atoms in total. The van der Waals surface area contributed by atoms with Crippen LogP contribution in [0, 0.1) is 5.92 Å². The number of aliphatic hydroxyl groups is 1. The molecule has 0 spiro atoms. The van der Waals surface area contributed by atoms with Crippen molar-refractivity contribution in [2.75, 3.05) is 20.2 Å². The SMILES string of the molecule is CC(C)[C@@H](CCO)N[C@@H]1CCN(C)C1=O. The fourth-order valence-corrected chi connectivity index (χ4v) is 1.98. The van der Waals surface area contributed by atoms with Gasteiger partial charge in [0, 0.05) is 26.2 Å². The summed E-state index contributed by atoms with van der Waals surface area (Å²) in [5.74, 6) is 0.620. The standard InChI is InChI=1S/C11H22N2O2/c1-8(2)9(5-7-14)12-10-4-6-13(3)11(10)15/h8-10,12,14H,4-7H2,1-3H3/t9-,10-/m1/s1. The van der Waals surface area contributed by atoms with Crippen LogP contribution in [0.5, 0.6) is 0 Å². The number of nitrogens with zero attached hydrogens (tertiary/aromatic N) is 1. The third-order valence-electron chi connectivity index (χ3n) is 3.09. The summed E-state index contributed by atoms with van der Waals surface area (Å²) in [6.45, 7) is 5.22. The largest absolute Gasteiger partial charge is 0.396 e. The minimum absolute atomic E-state index is 0.0473. The second-order valence-electron chi connectivity index (χ2n) is 4.63. The summed E-state index contributed by atoms with van der Waals surface area (Å²) in [5.41, 5.74) is 0. The first kappa shape index (κ1) is 12.5. The summed E-state index contributed by atoms with van der Waals surface area (Å²) < 4.78 is 0. The van der Waals surface area contributed by atoms with Gasteiger partial charge in [-0.25, -0.2) is 0 Å². The number of carbonyl (C=O) groups is 1. The molecule has 1 aliphatic heterocycles. The van der Waals surface area contributed by atoms with E-state index in [1.807, 2.05) is 7.05 Å². The second-order valence-corrected chi connectivity index (χ2v) is 4.63. The maximum atomic E-state index is 11.7. The highest BCUT2D eigenvalue weighted by Gasteiger charge is 2.31. The number of hydrogen-bond donors (Lipinski definition) is 2. The molecule has 1 rings (SSSR count). The lowest BCUT2D eigenvalue weighted by molar-refractivity contribution is -0.128. The first-order chi connectivity index (χ1) is 7.06. The van der Waals surface area contributed by atoms with E-state index in [0.717, 1.165) is 13.0 Å². The van der Waals surface area contributed by atoms with Gasteiger partial charge in [-0.2, -0.15) is 0 Å². The number of rotatable bonds is 5. The van der Waals surface area contributed by atoms with Crippen molar-refractivity contribution < 1.29 is 9.90 Å². The van der Waals surface area contributed by atoms with E-state index < -0.39 is 0 Å². The van der Waals surface area contributed by atoms with Crippen LogP contribution in [0.3, 0.4) is 0 Å². The van der Waals surface area contributed by atoms with Gasteiger partial charge in [0.05, 0.1) is 6.04 Å². The first-order valence-corrected chi connectivity index (χ1v) is 5.68. The predicted octanol–water partition coefficient (Wildman–Crippen LogP) is 0.214. The Morgan fingerprint density at radius 3 is 2.67 bits per heavy atom. The van der Waals surface area contributed by atoms with E-state index in [2.05, 4.69) is 19.2 Å². The molecule has 0 aromatic carbocycles. The van der Waals surface area contributed by atoms with E-state index >= 15 is 0 Å². The molecule has 1 aliphatic rings. The Balaban J connectivity index is 2.48. The van der Waals surface area contributed by atoms with E-state index in [0.29, 0.717) is 12.3 Å². The van der Waals surface area contributed by atoms with Crippen molar-refractivity contribution in [2.24, 2.45) is 5.92 Å². The minimum Gasteiger partial charge on any atom is -0.396 e. The highest BCUT2D eigenvalue weighted by molar-refractivity contribution is 5.83. The average Bonchev–Trinajstić information content (AvgIpc) is 2.48. The molecule has 4 heteroatoms. The molecule has 0 saturated carbocycles. The van der Waals surface area contributed by atoms with Crippen molar-refractivity contribution in [1.29, 1.82) is 0 Å². The van der Waals surface area contributed by atoms with E-state index in [-0.39, 0.29) is 24.6 Å². The highest BCUT2D eigenvalue weighted by atomic mass is 16.3. The molecule has 0 aliphatic carbocycles. The highest BCUT2D eigenvalue weighted by Crippen LogP contribution is 2.13. The van der Waals surface area contributed by atoms with Crippen molar-refractivity contribution in [1.82, 2.24) is 10.2 Å². The van der Waals surface area contributed by atoms with Gasteiger partial charge in [-0.3, -0.25) is 4.79 Å². The quantitative estimate of drug-likeness (QED) is 0.688. The molecular weight excluding hydrogens is 192 g/mol. The van der Waals surface area contributed by atoms with Gasteiger partial charge < -0.3 is 15.3 Å². The molecule has 0 aromatic heterocycles. The Hall–Kier alpha value is -0.610. The Morgan fingerprint density at radius 1 is 1.60 bits per heavy atom. The van der Waals surface area contributed by atoms with Crippen molar-refractivity contribution in [3.05, 3.63) is 0 Å². The van der Waals surface area contributed by atoms with Gasteiger partial charge in [-0.05, 0) is 18.8 Å². The van der Waals surface area contributed by atoms with Gasteiger partial charge in [-0.1, -0.05) is 13.8 Å². The Labute approximate surface area is 91.6 Å². The molecule has 1 amide bonds. The zero-order chi connectivity index (χ0) is 11.4. The number of likely N-dealkylation sites (N-methyl/N-ethyl adjacent to an activating group) is 1. The molecule has 1 fully saturated rings. The number of carbonyl (C=O) groups excluding carboxylic acids is 1. The van der Waals surface area contributed by atoms with Crippen LogP contribution >= 0.6 is 0 Å². The van der Waals surface area contributed by atoms with Crippen LogP contribution in [0.1, 0.15) is 26.7 Å². The Kier molecular flexibility index (Phi) is 4.54. The Morgan fingerprint density at radius 2 is 2.27 bits per heavy atom. The topological polar surface area (TPSA) is 52.6 Å². The van der Waals surface area contributed by atoms with Crippen LogP contribution in [0.25, 0.3) is 0 Å². The van der Waals surface area contributed by atoms with Gasteiger partial charge in [0.2, 0.25) is 5.91 Å². The van der Waals surface area contributed by atoms with Crippen LogP contribution in [0.4, 0.5) is 0 Å². The molecule has 0 unspecified atom stereocenters. The molecule has 1 saturated heterocycles. The van der Waals surface area contributed by atoms with Gasteiger partial charge in [0.1, 0.15) is 0 Å². The van der Waals surface area contributed by atoms with Crippen LogP contribution in [0.15, 0.2) is 0 Å². The molecule has 2 N–H and O–H groups in total. The maximum absolute atomic E-state index is 11.7. The molecule has 2 atom stereocenters. The van der Waals surface area contributed by atoms with Gasteiger partial charge >= 0.3 is 0 Å². The zero-order valence-electron chi connectivity index (χ0n) is 9.86. The fourth-order valence-electron chi connectivity index (χ4n) is 1.98. The van der Waals surface area contributed by atoms with Crippen LogP contribution < -0.4 is 5.32 Å². The third-order valence-corrected chi connectivity index (χ3v) is 3.09. The second kappa shape index (κ2) is 5.47. The fraction of sp³-hybridized carbons (Fsp3) is 0.909. The summed E-state index contributed by atoms with van der Waals surface area (Å²) in [4.78, 5) is 13.4. The number of hydrogen-bond acceptors (Lipinski definition) is 3. The average molecular weight is 214 g/mol. The summed E-state index contributed by atoms with van der Waals surface area (Å²) in [5, 5.41) is 12.3. The van der Waals surface area contributed by atoms with Crippen molar-refractivity contribution in [3.8, 4) is 0 Å². The molecule has 15 heavy (non-hydrogen) atoms. The lowest BCUT2D eigenvalue weighted by Gasteiger charge is -2.24. The van der Waals surface area contributed by atoms with Gasteiger partial charge in [-0.15, -0.1) is 0 Å². The van der Waals surface area contributed by atoms with Crippen LogP contribution in [-0.4, -0.2) is 48.2 Å². The molecule has 88 valence electrons. The van der Waals surface area contributed by atoms with Crippen molar-refractivity contribution in [2.45, 2.75) is 38.8 Å².